The van der Waals surface area contributed by atoms with E-state index in [0.717, 1.165) is 41.1 Å². The standard InChI is InChI=1S/C15H24BrNO3/c1-5-20-15-13(16)8-12(9-14(15)19-4)10-17-11(2)6-7-18-3/h8-9,11,17H,5-7,10H2,1-4H3. The Morgan fingerprint density at radius 3 is 2.65 bits per heavy atom. The van der Waals surface area contributed by atoms with Crippen LogP contribution in [0.2, 0.25) is 0 Å². The fourth-order valence-corrected chi connectivity index (χ4v) is 2.45. The number of benzene rings is 1. The van der Waals surface area contributed by atoms with E-state index in [2.05, 4.69) is 34.2 Å². The Balaban J connectivity index is 2.69. The third-order valence-electron chi connectivity index (χ3n) is 2.99. The summed E-state index contributed by atoms with van der Waals surface area (Å²) < 4.78 is 17.0. The second-order valence-corrected chi connectivity index (χ2v) is 5.46. The molecule has 1 rings (SSSR count). The quantitative estimate of drug-likeness (QED) is 0.744. The smallest absolute Gasteiger partial charge is 0.175 e. The van der Waals surface area contributed by atoms with E-state index in [1.807, 2.05) is 13.0 Å². The third-order valence-corrected chi connectivity index (χ3v) is 3.58. The SMILES string of the molecule is CCOc1c(Br)cc(CNC(C)CCOC)cc1OC. The largest absolute Gasteiger partial charge is 0.493 e. The lowest BCUT2D eigenvalue weighted by Gasteiger charge is -2.16. The Morgan fingerprint density at radius 2 is 2.05 bits per heavy atom. The molecule has 20 heavy (non-hydrogen) atoms. The molecule has 0 heterocycles. The van der Waals surface area contributed by atoms with Crippen molar-refractivity contribution in [3.8, 4) is 11.5 Å². The summed E-state index contributed by atoms with van der Waals surface area (Å²) in [5, 5.41) is 3.47. The number of halogens is 1. The Hall–Kier alpha value is -0.780. The third kappa shape index (κ3) is 5.31. The Morgan fingerprint density at radius 1 is 1.30 bits per heavy atom. The van der Waals surface area contributed by atoms with Crippen LogP contribution in [0, 0.1) is 0 Å². The fourth-order valence-electron chi connectivity index (χ4n) is 1.85. The fraction of sp³-hybridized carbons (Fsp3) is 0.600. The maximum absolute atomic E-state index is 5.58. The van der Waals surface area contributed by atoms with Gasteiger partial charge in [0.1, 0.15) is 0 Å². The molecule has 0 fully saturated rings. The van der Waals surface area contributed by atoms with E-state index in [9.17, 15) is 0 Å². The van der Waals surface area contributed by atoms with Crippen molar-refractivity contribution in [3.63, 3.8) is 0 Å². The number of rotatable bonds is 9. The van der Waals surface area contributed by atoms with Crippen molar-refractivity contribution in [2.24, 2.45) is 0 Å². The highest BCUT2D eigenvalue weighted by atomic mass is 79.9. The van der Waals surface area contributed by atoms with Gasteiger partial charge in [0.05, 0.1) is 18.2 Å². The summed E-state index contributed by atoms with van der Waals surface area (Å²) in [6.07, 6.45) is 0.992. The molecule has 0 saturated carbocycles. The van der Waals surface area contributed by atoms with Crippen LogP contribution < -0.4 is 14.8 Å². The van der Waals surface area contributed by atoms with Gasteiger partial charge in [-0.1, -0.05) is 0 Å². The van der Waals surface area contributed by atoms with Crippen molar-refractivity contribution in [2.75, 3.05) is 27.4 Å². The highest BCUT2D eigenvalue weighted by Gasteiger charge is 2.11. The Labute approximate surface area is 129 Å². The highest BCUT2D eigenvalue weighted by Crippen LogP contribution is 2.36. The van der Waals surface area contributed by atoms with E-state index < -0.39 is 0 Å². The van der Waals surface area contributed by atoms with Crippen LogP contribution >= 0.6 is 15.9 Å². The zero-order valence-electron chi connectivity index (χ0n) is 12.7. The van der Waals surface area contributed by atoms with Gasteiger partial charge in [-0.15, -0.1) is 0 Å². The average Bonchev–Trinajstić information content (AvgIpc) is 2.45. The molecule has 114 valence electrons. The van der Waals surface area contributed by atoms with E-state index in [1.165, 1.54) is 0 Å². The number of ether oxygens (including phenoxy) is 3. The zero-order valence-corrected chi connectivity index (χ0v) is 14.2. The van der Waals surface area contributed by atoms with Gasteiger partial charge in [-0.25, -0.2) is 0 Å². The molecular weight excluding hydrogens is 322 g/mol. The van der Waals surface area contributed by atoms with Crippen LogP contribution in [0.3, 0.4) is 0 Å². The minimum atomic E-state index is 0.409. The van der Waals surface area contributed by atoms with Gasteiger partial charge < -0.3 is 19.5 Å². The van der Waals surface area contributed by atoms with E-state index >= 15 is 0 Å². The number of nitrogens with one attached hydrogen (secondary N) is 1. The maximum atomic E-state index is 5.58. The van der Waals surface area contributed by atoms with Gasteiger partial charge in [0.25, 0.3) is 0 Å². The first-order valence-corrected chi connectivity index (χ1v) is 7.63. The van der Waals surface area contributed by atoms with E-state index in [0.29, 0.717) is 12.6 Å². The summed E-state index contributed by atoms with van der Waals surface area (Å²) in [5.41, 5.74) is 1.15. The Bertz CT molecular complexity index is 412. The molecule has 1 atom stereocenters. The molecule has 0 bridgehead atoms. The van der Waals surface area contributed by atoms with Crippen LogP contribution in [0.5, 0.6) is 11.5 Å². The molecular formula is C15H24BrNO3. The molecule has 0 aliphatic rings. The molecule has 0 saturated heterocycles. The molecule has 1 aromatic rings. The summed E-state index contributed by atoms with van der Waals surface area (Å²) in [7, 11) is 3.38. The van der Waals surface area contributed by atoms with Crippen LogP contribution in [0.1, 0.15) is 25.8 Å². The Kier molecular flexibility index (Phi) is 7.95. The predicted octanol–water partition coefficient (Wildman–Crippen LogP) is 3.37. The van der Waals surface area contributed by atoms with Crippen LogP contribution in [0.4, 0.5) is 0 Å². The van der Waals surface area contributed by atoms with Crippen LogP contribution in [0.25, 0.3) is 0 Å². The topological polar surface area (TPSA) is 39.7 Å². The van der Waals surface area contributed by atoms with Crippen molar-refractivity contribution in [1.82, 2.24) is 5.32 Å². The minimum Gasteiger partial charge on any atom is -0.493 e. The molecule has 0 spiro atoms. The van der Waals surface area contributed by atoms with Gasteiger partial charge in [-0.3, -0.25) is 0 Å². The van der Waals surface area contributed by atoms with Crippen LogP contribution in [0.15, 0.2) is 16.6 Å². The maximum Gasteiger partial charge on any atom is 0.175 e. The molecule has 5 heteroatoms. The van der Waals surface area contributed by atoms with Crippen LogP contribution in [-0.2, 0) is 11.3 Å². The van der Waals surface area contributed by atoms with Crippen molar-refractivity contribution >= 4 is 15.9 Å². The molecule has 1 unspecified atom stereocenters. The van der Waals surface area contributed by atoms with Gasteiger partial charge in [-0.05, 0) is 53.9 Å². The predicted molar refractivity (Wildman–Crippen MR) is 84.7 cm³/mol. The normalized spacial score (nSPS) is 12.2. The monoisotopic (exact) mass is 345 g/mol. The van der Waals surface area contributed by atoms with Gasteiger partial charge in [0, 0.05) is 26.3 Å². The summed E-state index contributed by atoms with van der Waals surface area (Å²) in [5.74, 6) is 1.51. The van der Waals surface area contributed by atoms with E-state index in [-0.39, 0.29) is 0 Å². The van der Waals surface area contributed by atoms with Gasteiger partial charge in [0.2, 0.25) is 0 Å². The first kappa shape index (κ1) is 17.3. The summed E-state index contributed by atoms with van der Waals surface area (Å²) >= 11 is 3.54. The van der Waals surface area contributed by atoms with Crippen molar-refractivity contribution in [1.29, 1.82) is 0 Å². The van der Waals surface area contributed by atoms with Crippen LogP contribution in [-0.4, -0.2) is 33.5 Å². The zero-order chi connectivity index (χ0) is 15.0. The molecule has 0 amide bonds. The van der Waals surface area contributed by atoms with Crippen molar-refractivity contribution in [2.45, 2.75) is 32.9 Å². The number of hydrogen-bond acceptors (Lipinski definition) is 4. The second kappa shape index (κ2) is 9.21. The lowest BCUT2D eigenvalue weighted by molar-refractivity contribution is 0.184. The molecule has 1 aromatic carbocycles. The number of hydrogen-bond donors (Lipinski definition) is 1. The van der Waals surface area contributed by atoms with Crippen molar-refractivity contribution < 1.29 is 14.2 Å². The molecule has 0 aliphatic heterocycles. The van der Waals surface area contributed by atoms with E-state index in [4.69, 9.17) is 14.2 Å². The summed E-state index contributed by atoms with van der Waals surface area (Å²) in [6, 6.07) is 4.47. The lowest BCUT2D eigenvalue weighted by Crippen LogP contribution is -2.26. The second-order valence-electron chi connectivity index (χ2n) is 4.61. The first-order chi connectivity index (χ1) is 9.62. The minimum absolute atomic E-state index is 0.409. The lowest BCUT2D eigenvalue weighted by atomic mass is 10.1. The van der Waals surface area contributed by atoms with Gasteiger partial charge >= 0.3 is 0 Å². The molecule has 1 N–H and O–H groups in total. The van der Waals surface area contributed by atoms with Crippen molar-refractivity contribution in [3.05, 3.63) is 22.2 Å². The van der Waals surface area contributed by atoms with Gasteiger partial charge in [0.15, 0.2) is 11.5 Å². The summed E-state index contributed by atoms with van der Waals surface area (Å²) in [4.78, 5) is 0. The molecule has 0 aromatic heterocycles. The molecule has 4 nitrogen and oxygen atoms in total. The first-order valence-electron chi connectivity index (χ1n) is 6.83. The molecule has 0 radical (unpaired) electrons. The average molecular weight is 346 g/mol. The summed E-state index contributed by atoms with van der Waals surface area (Å²) in [6.45, 7) is 6.27. The molecule has 0 aliphatic carbocycles. The highest BCUT2D eigenvalue weighted by molar-refractivity contribution is 9.10. The van der Waals surface area contributed by atoms with Gasteiger partial charge in [-0.2, -0.15) is 0 Å². The van der Waals surface area contributed by atoms with E-state index in [1.54, 1.807) is 14.2 Å². The number of methoxy groups -OCH3 is 2.